The van der Waals surface area contributed by atoms with Crippen LogP contribution in [0.15, 0.2) is 0 Å². The van der Waals surface area contributed by atoms with Gasteiger partial charge in [-0.3, -0.25) is 0 Å². The normalized spacial score (nSPS) is 12.5. The molecule has 0 aromatic carbocycles. The predicted octanol–water partition coefficient (Wildman–Crippen LogP) is 4.52. The maximum atomic E-state index is 8.60. The molecule has 0 rings (SSSR count). The van der Waals surface area contributed by atoms with Crippen LogP contribution in [-0.4, -0.2) is 23.6 Å². The van der Waals surface area contributed by atoms with Gasteiger partial charge in [0.15, 0.2) is 0 Å². The van der Waals surface area contributed by atoms with Crippen molar-refractivity contribution in [1.29, 1.82) is 0 Å². The van der Waals surface area contributed by atoms with Gasteiger partial charge in [0.1, 0.15) is 0 Å². The van der Waals surface area contributed by atoms with Gasteiger partial charge < -0.3 is 20.4 Å². The van der Waals surface area contributed by atoms with Gasteiger partial charge in [0, 0.05) is 0 Å². The molecule has 0 amide bonds. The van der Waals surface area contributed by atoms with Crippen LogP contribution in [0, 0.1) is 0 Å². The topological polar surface area (TPSA) is 75.7 Å². The molecule has 5 heteroatoms. The summed E-state index contributed by atoms with van der Waals surface area (Å²) >= 11 is 0. The third-order valence-corrected chi connectivity index (χ3v) is 4.39. The highest BCUT2D eigenvalue weighted by atomic mass is 16.6. The van der Waals surface area contributed by atoms with Crippen LogP contribution in [0.25, 0.3) is 0 Å². The Kier molecular flexibility index (Phi) is 18.2. The van der Waals surface area contributed by atoms with E-state index in [4.69, 9.17) is 15.8 Å². The molecule has 0 spiro atoms. The van der Waals surface area contributed by atoms with Crippen molar-refractivity contribution in [3.63, 3.8) is 0 Å². The lowest BCUT2D eigenvalue weighted by Crippen LogP contribution is -2.32. The van der Waals surface area contributed by atoms with Gasteiger partial charge in [0.25, 0.3) is 0 Å². The van der Waals surface area contributed by atoms with Crippen molar-refractivity contribution in [1.82, 2.24) is 0 Å². The number of hydrogen-bond donors (Lipinski definition) is 3. The third kappa shape index (κ3) is 19.9. The van der Waals surface area contributed by atoms with Crippen LogP contribution in [-0.2, 0) is 4.65 Å². The van der Waals surface area contributed by atoms with Gasteiger partial charge in [-0.15, -0.1) is 0 Å². The Hall–Kier alpha value is -0.0951. The second-order valence-electron chi connectivity index (χ2n) is 6.74. The van der Waals surface area contributed by atoms with E-state index in [9.17, 15) is 0 Å². The van der Waals surface area contributed by atoms with E-state index in [2.05, 4.69) is 11.6 Å². The fourth-order valence-corrected chi connectivity index (χ4v) is 2.94. The summed E-state index contributed by atoms with van der Waals surface area (Å²) in [4.78, 5) is 0. The average Bonchev–Trinajstić information content (AvgIpc) is 2.50. The number of rotatable bonds is 18. The molecule has 138 valence electrons. The van der Waals surface area contributed by atoms with Crippen LogP contribution in [0.2, 0.25) is 0 Å². The zero-order valence-electron chi connectivity index (χ0n) is 15.3. The molecule has 1 atom stereocenters. The highest BCUT2D eigenvalue weighted by molar-refractivity contribution is 6.32. The van der Waals surface area contributed by atoms with Gasteiger partial charge in [-0.2, -0.15) is 0 Å². The van der Waals surface area contributed by atoms with Gasteiger partial charge in [-0.25, -0.2) is 0 Å². The molecule has 0 aromatic heterocycles. The monoisotopic (exact) mass is 329 g/mol. The molecule has 0 saturated carbocycles. The first-order valence-electron chi connectivity index (χ1n) is 9.94. The summed E-state index contributed by atoms with van der Waals surface area (Å²) in [7, 11) is -1.75. The van der Waals surface area contributed by atoms with Crippen LogP contribution >= 0.6 is 0 Å². The number of unbranched alkanes of at least 4 members (excludes halogenated alkanes) is 14. The zero-order valence-corrected chi connectivity index (χ0v) is 15.3. The summed E-state index contributed by atoms with van der Waals surface area (Å²) in [5, 5.41) is 17.2. The molecule has 0 aromatic rings. The molecular formula is C18H40BNO3. The Labute approximate surface area is 144 Å². The van der Waals surface area contributed by atoms with Crippen molar-refractivity contribution in [2.24, 2.45) is 5.73 Å². The van der Waals surface area contributed by atoms with E-state index >= 15 is 0 Å². The quantitative estimate of drug-likeness (QED) is 0.196. The van der Waals surface area contributed by atoms with Gasteiger partial charge in [0.2, 0.25) is 0 Å². The lowest BCUT2D eigenvalue weighted by Gasteiger charge is -2.11. The summed E-state index contributed by atoms with van der Waals surface area (Å²) in [6.45, 7) is 2.27. The average molecular weight is 329 g/mol. The van der Waals surface area contributed by atoms with E-state index in [0.29, 0.717) is 6.42 Å². The molecule has 0 aliphatic carbocycles. The summed E-state index contributed by atoms with van der Waals surface area (Å²) < 4.78 is 4.66. The Morgan fingerprint density at radius 2 is 1.04 bits per heavy atom. The van der Waals surface area contributed by atoms with Crippen molar-refractivity contribution >= 4 is 7.32 Å². The summed E-state index contributed by atoms with van der Waals surface area (Å²) in [6, 6.07) is 0. The molecule has 1 unspecified atom stereocenters. The zero-order chi connectivity index (χ0) is 17.2. The van der Waals surface area contributed by atoms with Crippen molar-refractivity contribution in [2.75, 3.05) is 0 Å². The smallest absolute Gasteiger partial charge is 0.402 e. The van der Waals surface area contributed by atoms with E-state index in [1.54, 1.807) is 0 Å². The van der Waals surface area contributed by atoms with Gasteiger partial charge in [0.05, 0.1) is 6.23 Å². The minimum Gasteiger partial charge on any atom is -0.402 e. The fourth-order valence-electron chi connectivity index (χ4n) is 2.94. The fraction of sp³-hybridized carbons (Fsp3) is 1.00. The summed E-state index contributed by atoms with van der Waals surface area (Å²) in [5.74, 6) is 0. The van der Waals surface area contributed by atoms with Crippen LogP contribution in [0.4, 0.5) is 0 Å². The molecule has 0 heterocycles. The van der Waals surface area contributed by atoms with E-state index < -0.39 is 13.5 Å². The van der Waals surface area contributed by atoms with Crippen molar-refractivity contribution in [3.05, 3.63) is 0 Å². The Morgan fingerprint density at radius 3 is 1.39 bits per heavy atom. The van der Waals surface area contributed by atoms with E-state index in [-0.39, 0.29) is 0 Å². The first-order chi connectivity index (χ1) is 11.2. The molecule has 0 saturated heterocycles. The molecule has 0 fully saturated rings. The summed E-state index contributed by atoms with van der Waals surface area (Å²) in [5.41, 5.74) is 5.59. The van der Waals surface area contributed by atoms with Gasteiger partial charge in [-0.05, 0) is 12.8 Å². The van der Waals surface area contributed by atoms with Crippen LogP contribution in [0.1, 0.15) is 110 Å². The highest BCUT2D eigenvalue weighted by Crippen LogP contribution is 2.14. The molecule has 4 N–H and O–H groups in total. The minimum absolute atomic E-state index is 0.558. The minimum atomic E-state index is -1.75. The summed E-state index contributed by atoms with van der Waals surface area (Å²) in [6.07, 6.45) is 20.2. The van der Waals surface area contributed by atoms with Crippen LogP contribution in [0.5, 0.6) is 0 Å². The second kappa shape index (κ2) is 18.2. The van der Waals surface area contributed by atoms with E-state index in [1.165, 1.54) is 83.5 Å². The second-order valence-corrected chi connectivity index (χ2v) is 6.74. The number of nitrogens with two attached hydrogens (primary N) is 1. The highest BCUT2D eigenvalue weighted by Gasteiger charge is 2.13. The van der Waals surface area contributed by atoms with Gasteiger partial charge in [-0.1, -0.05) is 96.8 Å². The van der Waals surface area contributed by atoms with Crippen molar-refractivity contribution < 1.29 is 14.7 Å². The Balaban J connectivity index is 3.05. The predicted molar refractivity (Wildman–Crippen MR) is 98.8 cm³/mol. The first-order valence-corrected chi connectivity index (χ1v) is 9.94. The Morgan fingerprint density at radius 1 is 0.696 bits per heavy atom. The molecule has 0 radical (unpaired) electrons. The molecule has 0 bridgehead atoms. The van der Waals surface area contributed by atoms with Crippen molar-refractivity contribution in [3.8, 4) is 0 Å². The lowest BCUT2D eigenvalue weighted by molar-refractivity contribution is 0.114. The molecule has 23 heavy (non-hydrogen) atoms. The largest absolute Gasteiger partial charge is 0.635 e. The standard InChI is InChI=1S/C18H40BNO3/c1-2-3-4-5-6-7-8-9-10-11-12-13-14-15-16-17-18(20)23-19(21)22/h18,21-22H,2-17,20H2,1H3. The SMILES string of the molecule is CCCCCCCCCCCCCCCCCC(N)OB(O)O. The molecule has 4 nitrogen and oxygen atoms in total. The van der Waals surface area contributed by atoms with E-state index in [1.807, 2.05) is 0 Å². The van der Waals surface area contributed by atoms with Gasteiger partial charge >= 0.3 is 7.32 Å². The third-order valence-electron chi connectivity index (χ3n) is 4.39. The molecule has 0 aliphatic heterocycles. The van der Waals surface area contributed by atoms with Crippen molar-refractivity contribution in [2.45, 2.75) is 116 Å². The number of hydrogen-bond acceptors (Lipinski definition) is 4. The maximum absolute atomic E-state index is 8.60. The first kappa shape index (κ1) is 22.9. The lowest BCUT2D eigenvalue weighted by atomic mass is 10.0. The molecular weight excluding hydrogens is 289 g/mol. The maximum Gasteiger partial charge on any atom is 0.635 e. The van der Waals surface area contributed by atoms with Crippen LogP contribution < -0.4 is 5.73 Å². The van der Waals surface area contributed by atoms with E-state index in [0.717, 1.165) is 12.8 Å². The Bertz CT molecular complexity index is 230. The molecule has 0 aliphatic rings. The van der Waals surface area contributed by atoms with Crippen LogP contribution in [0.3, 0.4) is 0 Å².